The third-order valence-corrected chi connectivity index (χ3v) is 4.33. The summed E-state index contributed by atoms with van der Waals surface area (Å²) in [5, 5.41) is 0.557. The van der Waals surface area contributed by atoms with Gasteiger partial charge in [-0.15, -0.1) is 0 Å². The van der Waals surface area contributed by atoms with Gasteiger partial charge in [-0.25, -0.2) is 0 Å². The topological polar surface area (TPSA) is 34.4 Å². The number of rotatable bonds is 3. The molecule has 5 heteroatoms. The van der Waals surface area contributed by atoms with Crippen molar-refractivity contribution in [1.82, 2.24) is 4.57 Å². The number of amides is 1. The first-order valence-electron chi connectivity index (χ1n) is 7.37. The van der Waals surface area contributed by atoms with E-state index >= 15 is 0 Å². The molecule has 120 valence electrons. The fourth-order valence-electron chi connectivity index (χ4n) is 2.32. The van der Waals surface area contributed by atoms with Crippen LogP contribution >= 0.6 is 23.2 Å². The van der Waals surface area contributed by atoms with E-state index in [1.807, 2.05) is 53.2 Å². The van der Waals surface area contributed by atoms with Crippen LogP contribution in [0.25, 0.3) is 0 Å². The summed E-state index contributed by atoms with van der Waals surface area (Å²) in [5.41, 5.74) is 1.97. The predicted octanol–water partition coefficient (Wildman–Crippen LogP) is 4.58. The molecule has 0 bridgehead atoms. The molecule has 3 aromatic rings. The molecule has 0 unspecified atom stereocenters. The van der Waals surface area contributed by atoms with Crippen LogP contribution in [0.5, 0.6) is 0 Å². The van der Waals surface area contributed by atoms with Crippen molar-refractivity contribution >= 4 is 29.1 Å². The summed E-state index contributed by atoms with van der Waals surface area (Å²) in [5.74, 6) is -0.421. The Morgan fingerprint density at radius 3 is 2.46 bits per heavy atom. The van der Waals surface area contributed by atoms with Crippen LogP contribution in [0.15, 0.2) is 77.9 Å². The molecule has 0 atom stereocenters. The number of carbonyl (C=O) groups is 1. The van der Waals surface area contributed by atoms with Gasteiger partial charge < -0.3 is 4.57 Å². The Morgan fingerprint density at radius 1 is 0.917 bits per heavy atom. The fraction of sp³-hybridized carbons (Fsp3) is 0.0526. The van der Waals surface area contributed by atoms with Crippen LogP contribution in [0.4, 0.5) is 0 Å². The van der Waals surface area contributed by atoms with Crippen molar-refractivity contribution in [2.24, 2.45) is 4.99 Å². The van der Waals surface area contributed by atoms with E-state index in [0.29, 0.717) is 22.6 Å². The molecule has 0 spiro atoms. The van der Waals surface area contributed by atoms with Gasteiger partial charge in [-0.05, 0) is 29.8 Å². The van der Waals surface area contributed by atoms with E-state index in [1.54, 1.807) is 24.3 Å². The summed E-state index contributed by atoms with van der Waals surface area (Å²) in [6, 6.07) is 20.4. The lowest BCUT2D eigenvalue weighted by Gasteiger charge is -2.07. The van der Waals surface area contributed by atoms with E-state index in [-0.39, 0.29) is 5.02 Å². The van der Waals surface area contributed by atoms with E-state index in [2.05, 4.69) is 4.99 Å². The smallest absolute Gasteiger partial charge is 0.280 e. The number of carbonyl (C=O) groups excluding carboxylic acids is 1. The summed E-state index contributed by atoms with van der Waals surface area (Å²) in [6.07, 6.45) is 1.89. The Bertz CT molecular complexity index is 933. The van der Waals surface area contributed by atoms with Crippen LogP contribution < -0.4 is 5.49 Å². The Hall–Kier alpha value is -2.36. The number of pyridine rings is 1. The summed E-state index contributed by atoms with van der Waals surface area (Å²) in [4.78, 5) is 16.7. The molecule has 3 nitrogen and oxygen atoms in total. The van der Waals surface area contributed by atoms with E-state index in [9.17, 15) is 4.79 Å². The monoisotopic (exact) mass is 356 g/mol. The van der Waals surface area contributed by atoms with Gasteiger partial charge in [0.2, 0.25) is 0 Å². The zero-order chi connectivity index (χ0) is 16.9. The summed E-state index contributed by atoms with van der Waals surface area (Å²) >= 11 is 12.1. The highest BCUT2D eigenvalue weighted by molar-refractivity contribution is 6.43. The average molecular weight is 357 g/mol. The molecule has 0 aliphatic carbocycles. The molecular formula is C19H14Cl2N2O. The van der Waals surface area contributed by atoms with Gasteiger partial charge in [-0.2, -0.15) is 4.99 Å². The highest BCUT2D eigenvalue weighted by atomic mass is 35.5. The Kier molecular flexibility index (Phi) is 5.14. The molecule has 0 aliphatic heterocycles. The number of halogens is 2. The first-order valence-corrected chi connectivity index (χ1v) is 8.13. The van der Waals surface area contributed by atoms with Gasteiger partial charge in [0.25, 0.3) is 5.91 Å². The normalized spacial score (nSPS) is 11.5. The molecule has 1 heterocycles. The Labute approximate surface area is 149 Å². The molecule has 1 aromatic heterocycles. The molecule has 0 saturated heterocycles. The fourth-order valence-corrected chi connectivity index (χ4v) is 2.70. The van der Waals surface area contributed by atoms with Crippen molar-refractivity contribution in [2.45, 2.75) is 6.54 Å². The van der Waals surface area contributed by atoms with Crippen molar-refractivity contribution in [2.75, 3.05) is 0 Å². The van der Waals surface area contributed by atoms with Gasteiger partial charge in [0.05, 0.1) is 15.6 Å². The number of benzene rings is 2. The molecule has 24 heavy (non-hydrogen) atoms. The van der Waals surface area contributed by atoms with Gasteiger partial charge >= 0.3 is 0 Å². The van der Waals surface area contributed by atoms with Crippen molar-refractivity contribution in [3.63, 3.8) is 0 Å². The molecule has 2 aromatic carbocycles. The summed E-state index contributed by atoms with van der Waals surface area (Å²) in [6.45, 7) is 0.622. The van der Waals surface area contributed by atoms with Crippen molar-refractivity contribution in [3.05, 3.63) is 99.6 Å². The minimum atomic E-state index is -0.421. The highest BCUT2D eigenvalue weighted by Gasteiger charge is 2.11. The van der Waals surface area contributed by atoms with Gasteiger partial charge in [0, 0.05) is 12.7 Å². The van der Waals surface area contributed by atoms with E-state index in [4.69, 9.17) is 23.2 Å². The first-order chi connectivity index (χ1) is 11.6. The second-order valence-electron chi connectivity index (χ2n) is 5.19. The van der Waals surface area contributed by atoms with Gasteiger partial charge in [0.1, 0.15) is 5.49 Å². The average Bonchev–Trinajstić information content (AvgIpc) is 2.60. The van der Waals surface area contributed by atoms with Crippen LogP contribution in [0, 0.1) is 0 Å². The molecule has 0 radical (unpaired) electrons. The number of hydrogen-bond acceptors (Lipinski definition) is 1. The van der Waals surface area contributed by atoms with Crippen LogP contribution in [-0.4, -0.2) is 10.5 Å². The van der Waals surface area contributed by atoms with Gasteiger partial charge in [0.15, 0.2) is 0 Å². The minimum Gasteiger partial charge on any atom is -0.328 e. The number of nitrogens with zero attached hydrogens (tertiary/aromatic N) is 2. The van der Waals surface area contributed by atoms with Crippen molar-refractivity contribution in [3.8, 4) is 0 Å². The van der Waals surface area contributed by atoms with Gasteiger partial charge in [-0.1, -0.05) is 65.7 Å². The van der Waals surface area contributed by atoms with Crippen LogP contribution in [0.1, 0.15) is 15.9 Å². The largest absolute Gasteiger partial charge is 0.328 e. The van der Waals surface area contributed by atoms with Crippen molar-refractivity contribution in [1.29, 1.82) is 0 Å². The third kappa shape index (κ3) is 3.75. The summed E-state index contributed by atoms with van der Waals surface area (Å²) < 4.78 is 1.91. The molecular weight excluding hydrogens is 343 g/mol. The van der Waals surface area contributed by atoms with E-state index < -0.39 is 5.91 Å². The standard InChI is InChI=1S/C19H14Cl2N2O/c20-16-10-6-9-15(18(16)21)19(24)22-17-11-4-5-12-23(17)13-14-7-2-1-3-8-14/h1-12H,13H2. The zero-order valence-corrected chi connectivity index (χ0v) is 14.2. The maximum Gasteiger partial charge on any atom is 0.280 e. The maximum atomic E-state index is 12.5. The zero-order valence-electron chi connectivity index (χ0n) is 12.7. The van der Waals surface area contributed by atoms with E-state index in [0.717, 1.165) is 5.56 Å². The second kappa shape index (κ2) is 7.47. The van der Waals surface area contributed by atoms with Crippen LogP contribution in [0.2, 0.25) is 10.0 Å². The van der Waals surface area contributed by atoms with Crippen LogP contribution in [0.3, 0.4) is 0 Å². The van der Waals surface area contributed by atoms with Crippen LogP contribution in [-0.2, 0) is 6.54 Å². The predicted molar refractivity (Wildman–Crippen MR) is 96.3 cm³/mol. The maximum absolute atomic E-state index is 12.5. The lowest BCUT2D eigenvalue weighted by Crippen LogP contribution is -2.22. The van der Waals surface area contributed by atoms with Crippen molar-refractivity contribution < 1.29 is 4.79 Å². The minimum absolute atomic E-state index is 0.221. The Morgan fingerprint density at radius 2 is 1.67 bits per heavy atom. The lowest BCUT2D eigenvalue weighted by molar-refractivity contribution is 0.0997. The molecule has 0 saturated carbocycles. The van der Waals surface area contributed by atoms with E-state index in [1.165, 1.54) is 0 Å². The molecule has 1 amide bonds. The molecule has 3 rings (SSSR count). The molecule has 0 N–H and O–H groups in total. The summed E-state index contributed by atoms with van der Waals surface area (Å²) in [7, 11) is 0. The lowest BCUT2D eigenvalue weighted by atomic mass is 10.2. The quantitative estimate of drug-likeness (QED) is 0.675. The van der Waals surface area contributed by atoms with Gasteiger partial charge in [-0.3, -0.25) is 4.79 Å². The third-order valence-electron chi connectivity index (χ3n) is 3.51. The molecule has 0 aliphatic rings. The highest BCUT2D eigenvalue weighted by Crippen LogP contribution is 2.25. The first kappa shape index (κ1) is 16.5. The second-order valence-corrected chi connectivity index (χ2v) is 5.98. The number of hydrogen-bond donors (Lipinski definition) is 0. The SMILES string of the molecule is O=C(N=c1ccccn1Cc1ccccc1)c1cccc(Cl)c1Cl. The molecule has 0 fully saturated rings. The Balaban J connectivity index is 1.98. The number of aromatic nitrogens is 1.